The Hall–Kier alpha value is -2.10. The van der Waals surface area contributed by atoms with Gasteiger partial charge < -0.3 is 11.1 Å². The molecule has 3 N–H and O–H groups in total. The van der Waals surface area contributed by atoms with Crippen LogP contribution in [0.15, 0.2) is 47.1 Å². The number of anilines is 1. The van der Waals surface area contributed by atoms with Gasteiger partial charge in [-0.05, 0) is 36.5 Å². The maximum Gasteiger partial charge on any atom is 0.239 e. The molecule has 0 bridgehead atoms. The molecule has 0 atom stereocenters. The second-order valence-corrected chi connectivity index (χ2v) is 5.95. The average Bonchev–Trinajstić information content (AvgIpc) is 2.36. The minimum atomic E-state index is -0.396. The summed E-state index contributed by atoms with van der Waals surface area (Å²) in [6, 6.07) is 10.0. The summed E-state index contributed by atoms with van der Waals surface area (Å²) in [5.41, 5.74) is 8.39. The van der Waals surface area contributed by atoms with Gasteiger partial charge in [-0.3, -0.25) is 9.79 Å². The Morgan fingerprint density at radius 3 is 2.65 bits per heavy atom. The van der Waals surface area contributed by atoms with E-state index in [1.807, 2.05) is 36.4 Å². The van der Waals surface area contributed by atoms with Crippen molar-refractivity contribution in [3.63, 3.8) is 0 Å². The van der Waals surface area contributed by atoms with Gasteiger partial charge in [0.05, 0.1) is 0 Å². The lowest BCUT2D eigenvalue weighted by molar-refractivity contribution is -0.116. The number of allylic oxidation sites excluding steroid dienone is 2. The van der Waals surface area contributed by atoms with Gasteiger partial charge in [0.1, 0.15) is 6.54 Å². The molecule has 0 aliphatic heterocycles. The summed E-state index contributed by atoms with van der Waals surface area (Å²) >= 11 is 0. The van der Waals surface area contributed by atoms with E-state index in [9.17, 15) is 4.79 Å². The molecule has 0 unspecified atom stereocenters. The minimum absolute atomic E-state index is 0.0561. The number of benzene rings is 1. The highest BCUT2D eigenvalue weighted by Crippen LogP contribution is 2.34. The Kier molecular flexibility index (Phi) is 4.23. The van der Waals surface area contributed by atoms with Crippen LogP contribution in [0.25, 0.3) is 0 Å². The number of carbonyl (C=O) groups excluding carboxylic acids is 1. The van der Waals surface area contributed by atoms with Gasteiger partial charge in [0.25, 0.3) is 0 Å². The normalized spacial score (nSPS) is 19.5. The number of aliphatic imine (C=N–C) groups is 1. The predicted octanol–water partition coefficient (Wildman–Crippen LogP) is 2.73. The topological polar surface area (TPSA) is 67.5 Å². The fourth-order valence-electron chi connectivity index (χ4n) is 2.44. The number of rotatable bonds is 4. The minimum Gasteiger partial charge on any atom is -0.368 e. The molecule has 4 heteroatoms. The molecule has 0 spiro atoms. The van der Waals surface area contributed by atoms with Crippen molar-refractivity contribution in [1.82, 2.24) is 0 Å². The van der Waals surface area contributed by atoms with Crippen molar-refractivity contribution in [2.45, 2.75) is 26.7 Å². The highest BCUT2D eigenvalue weighted by atomic mass is 16.1. The first-order chi connectivity index (χ1) is 9.44. The van der Waals surface area contributed by atoms with Crippen molar-refractivity contribution in [2.75, 3.05) is 11.9 Å². The first-order valence-electron chi connectivity index (χ1n) is 6.79. The summed E-state index contributed by atoms with van der Waals surface area (Å²) in [7, 11) is 0. The van der Waals surface area contributed by atoms with Crippen LogP contribution in [0.4, 0.5) is 5.69 Å². The maximum atomic E-state index is 10.9. The average molecular weight is 271 g/mol. The molecular weight excluding hydrogens is 250 g/mol. The summed E-state index contributed by atoms with van der Waals surface area (Å²) in [4.78, 5) is 15.2. The Morgan fingerprint density at radius 1 is 1.30 bits per heavy atom. The molecular formula is C16H21N3O. The fraction of sp³-hybridized carbons (Fsp3) is 0.375. The molecule has 0 heterocycles. The number of para-hydroxylation sites is 1. The second kappa shape index (κ2) is 5.90. The van der Waals surface area contributed by atoms with Gasteiger partial charge in [-0.2, -0.15) is 0 Å². The highest BCUT2D eigenvalue weighted by molar-refractivity contribution is 5.98. The monoisotopic (exact) mass is 271 g/mol. The number of nitrogens with two attached hydrogens (primary N) is 1. The lowest BCUT2D eigenvalue weighted by atomic mass is 9.78. The summed E-state index contributed by atoms with van der Waals surface area (Å²) in [6.07, 6.45) is 3.85. The zero-order valence-electron chi connectivity index (χ0n) is 12.0. The lowest BCUT2D eigenvalue weighted by Crippen LogP contribution is -2.25. The molecule has 20 heavy (non-hydrogen) atoms. The van der Waals surface area contributed by atoms with E-state index in [0.29, 0.717) is 0 Å². The zero-order chi connectivity index (χ0) is 14.6. The van der Waals surface area contributed by atoms with Crippen LogP contribution < -0.4 is 11.1 Å². The molecule has 0 saturated carbocycles. The second-order valence-electron chi connectivity index (χ2n) is 5.95. The van der Waals surface area contributed by atoms with Crippen molar-refractivity contribution in [1.29, 1.82) is 0 Å². The smallest absolute Gasteiger partial charge is 0.239 e. The number of carbonyl (C=O) groups is 1. The zero-order valence-corrected chi connectivity index (χ0v) is 12.0. The molecule has 0 aromatic heterocycles. The Morgan fingerprint density at radius 2 is 2.00 bits per heavy atom. The van der Waals surface area contributed by atoms with E-state index in [1.165, 1.54) is 0 Å². The van der Waals surface area contributed by atoms with Gasteiger partial charge in [-0.1, -0.05) is 32.0 Å². The van der Waals surface area contributed by atoms with Gasteiger partial charge in [-0.25, -0.2) is 0 Å². The molecule has 0 fully saturated rings. The van der Waals surface area contributed by atoms with E-state index in [1.54, 1.807) is 0 Å². The first-order valence-corrected chi connectivity index (χ1v) is 6.79. The predicted molar refractivity (Wildman–Crippen MR) is 82.7 cm³/mol. The maximum absolute atomic E-state index is 10.9. The van der Waals surface area contributed by atoms with E-state index < -0.39 is 5.91 Å². The molecule has 1 aromatic carbocycles. The van der Waals surface area contributed by atoms with Gasteiger partial charge in [0.15, 0.2) is 0 Å². The van der Waals surface area contributed by atoms with Gasteiger partial charge in [-0.15, -0.1) is 0 Å². The number of nitrogens with one attached hydrogen (secondary N) is 1. The molecule has 0 radical (unpaired) electrons. The van der Waals surface area contributed by atoms with Crippen LogP contribution in [-0.2, 0) is 4.79 Å². The third-order valence-corrected chi connectivity index (χ3v) is 3.19. The largest absolute Gasteiger partial charge is 0.368 e. The molecule has 106 valence electrons. The van der Waals surface area contributed by atoms with Crippen LogP contribution in [0, 0.1) is 5.41 Å². The van der Waals surface area contributed by atoms with Crippen LogP contribution in [0.5, 0.6) is 0 Å². The van der Waals surface area contributed by atoms with Gasteiger partial charge in [0.2, 0.25) is 5.91 Å². The van der Waals surface area contributed by atoms with Crippen LogP contribution >= 0.6 is 0 Å². The van der Waals surface area contributed by atoms with E-state index in [2.05, 4.69) is 24.2 Å². The van der Waals surface area contributed by atoms with Gasteiger partial charge in [0, 0.05) is 17.1 Å². The van der Waals surface area contributed by atoms with E-state index in [4.69, 9.17) is 5.73 Å². The number of primary amides is 1. The molecule has 1 aliphatic rings. The molecule has 0 saturated heterocycles. The third-order valence-electron chi connectivity index (χ3n) is 3.19. The van der Waals surface area contributed by atoms with Crippen molar-refractivity contribution >= 4 is 17.3 Å². The third kappa shape index (κ3) is 4.23. The number of hydrogen-bond acceptors (Lipinski definition) is 3. The first kappa shape index (κ1) is 14.3. The summed E-state index contributed by atoms with van der Waals surface area (Å²) in [5.74, 6) is -0.396. The molecule has 1 aliphatic carbocycles. The Balaban J connectivity index is 2.17. The fourth-order valence-corrected chi connectivity index (χ4v) is 2.44. The number of amides is 1. The van der Waals surface area contributed by atoms with Crippen LogP contribution in [0.1, 0.15) is 26.7 Å². The van der Waals surface area contributed by atoms with Crippen LogP contribution in [0.2, 0.25) is 0 Å². The number of nitrogens with zero attached hydrogens (tertiary/aromatic N) is 1. The van der Waals surface area contributed by atoms with Crippen LogP contribution in [-0.4, -0.2) is 18.2 Å². The molecule has 2 rings (SSSR count). The molecule has 4 nitrogen and oxygen atoms in total. The van der Waals surface area contributed by atoms with Crippen molar-refractivity contribution in [3.05, 3.63) is 42.1 Å². The molecule has 1 amide bonds. The standard InChI is InChI=1S/C16H21N3O/c1-16(2)9-13(18-11-15(17)20)8-14(10-16)19-12-6-4-3-5-7-12/h3-8,19H,9-11H2,1-2H3,(H2,17,20). The van der Waals surface area contributed by atoms with Crippen LogP contribution in [0.3, 0.4) is 0 Å². The quantitative estimate of drug-likeness (QED) is 0.884. The SMILES string of the molecule is CC1(C)CC(Nc2ccccc2)=CC(=NCC(N)=O)C1. The summed E-state index contributed by atoms with van der Waals surface area (Å²) < 4.78 is 0. The van der Waals surface area contributed by atoms with E-state index in [-0.39, 0.29) is 12.0 Å². The Bertz CT molecular complexity index is 544. The molecule has 1 aromatic rings. The highest BCUT2D eigenvalue weighted by Gasteiger charge is 2.26. The van der Waals surface area contributed by atoms with Gasteiger partial charge >= 0.3 is 0 Å². The van der Waals surface area contributed by atoms with E-state index in [0.717, 1.165) is 29.9 Å². The number of hydrogen-bond donors (Lipinski definition) is 2. The van der Waals surface area contributed by atoms with E-state index >= 15 is 0 Å². The summed E-state index contributed by atoms with van der Waals surface area (Å²) in [6.45, 7) is 4.46. The Labute approximate surface area is 119 Å². The van der Waals surface area contributed by atoms with Crippen molar-refractivity contribution < 1.29 is 4.79 Å². The summed E-state index contributed by atoms with van der Waals surface area (Å²) in [5, 5.41) is 3.42. The lowest BCUT2D eigenvalue weighted by Gasteiger charge is -2.31. The van der Waals surface area contributed by atoms with Crippen molar-refractivity contribution in [2.24, 2.45) is 16.1 Å². The van der Waals surface area contributed by atoms with Crippen molar-refractivity contribution in [3.8, 4) is 0 Å².